The van der Waals surface area contributed by atoms with Gasteiger partial charge in [0.2, 0.25) is 5.91 Å². The number of hydrogen-bond donors (Lipinski definition) is 2. The molecule has 2 fully saturated rings. The number of anilines is 1. The van der Waals surface area contributed by atoms with Crippen molar-refractivity contribution in [2.75, 3.05) is 31.6 Å². The predicted octanol–water partition coefficient (Wildman–Crippen LogP) is 3.21. The molecule has 1 aromatic rings. The van der Waals surface area contributed by atoms with Crippen LogP contribution in [0.5, 0.6) is 5.75 Å². The van der Waals surface area contributed by atoms with Crippen molar-refractivity contribution in [1.82, 2.24) is 5.32 Å². The van der Waals surface area contributed by atoms with Crippen molar-refractivity contribution in [3.05, 3.63) is 24.3 Å². The number of amides is 1. The molecule has 1 amide bonds. The molecule has 3 rings (SSSR count). The van der Waals surface area contributed by atoms with Gasteiger partial charge in [-0.2, -0.15) is 0 Å². The van der Waals surface area contributed by atoms with Crippen LogP contribution in [0.2, 0.25) is 0 Å². The Balaban J connectivity index is 1.41. The lowest BCUT2D eigenvalue weighted by molar-refractivity contribution is -0.117. The Kier molecular flexibility index (Phi) is 6.70. The van der Waals surface area contributed by atoms with Gasteiger partial charge in [0.25, 0.3) is 0 Å². The van der Waals surface area contributed by atoms with Crippen molar-refractivity contribution in [3.8, 4) is 5.75 Å². The molecular weight excluding hydrogens is 316 g/mol. The third-order valence-corrected chi connectivity index (χ3v) is 5.29. The van der Waals surface area contributed by atoms with Gasteiger partial charge in [-0.15, -0.1) is 0 Å². The molecule has 0 radical (unpaired) electrons. The number of carbonyl (C=O) groups is 1. The normalized spacial score (nSPS) is 22.5. The van der Waals surface area contributed by atoms with Gasteiger partial charge in [-0.3, -0.25) is 4.79 Å². The van der Waals surface area contributed by atoms with E-state index in [4.69, 9.17) is 9.47 Å². The standard InChI is InChI=1S/C20H30N2O3/c1-15(16-8-10-21-11-9-16)13-20(23)22-17-4-6-18(7-5-17)25-14-19-3-2-12-24-19/h4-7,15-16,19,21H,2-3,8-14H2,1H3,(H,22,23). The van der Waals surface area contributed by atoms with Crippen LogP contribution in [0.1, 0.15) is 39.0 Å². The highest BCUT2D eigenvalue weighted by molar-refractivity contribution is 5.90. The second-order valence-electron chi connectivity index (χ2n) is 7.29. The zero-order chi connectivity index (χ0) is 17.5. The SMILES string of the molecule is CC(CC(=O)Nc1ccc(OCC2CCCO2)cc1)C1CCNCC1. The van der Waals surface area contributed by atoms with E-state index in [0.717, 1.165) is 44.0 Å². The minimum atomic E-state index is 0.0963. The van der Waals surface area contributed by atoms with Crippen molar-refractivity contribution in [2.24, 2.45) is 11.8 Å². The van der Waals surface area contributed by atoms with Gasteiger partial charge >= 0.3 is 0 Å². The largest absolute Gasteiger partial charge is 0.491 e. The minimum Gasteiger partial charge on any atom is -0.491 e. The fourth-order valence-corrected chi connectivity index (χ4v) is 3.68. The first-order valence-corrected chi connectivity index (χ1v) is 9.56. The summed E-state index contributed by atoms with van der Waals surface area (Å²) in [5.41, 5.74) is 0.826. The van der Waals surface area contributed by atoms with Gasteiger partial charge in [0.15, 0.2) is 0 Å². The fourth-order valence-electron chi connectivity index (χ4n) is 3.68. The molecular formula is C20H30N2O3. The molecule has 2 aliphatic rings. The highest BCUT2D eigenvalue weighted by Crippen LogP contribution is 2.25. The average molecular weight is 346 g/mol. The van der Waals surface area contributed by atoms with Crippen LogP contribution >= 0.6 is 0 Å². The molecule has 2 N–H and O–H groups in total. The van der Waals surface area contributed by atoms with Crippen molar-refractivity contribution in [2.45, 2.75) is 45.1 Å². The molecule has 1 aromatic carbocycles. The maximum Gasteiger partial charge on any atom is 0.224 e. The predicted molar refractivity (Wildman–Crippen MR) is 98.9 cm³/mol. The number of piperidine rings is 1. The number of rotatable bonds is 7. The van der Waals surface area contributed by atoms with Crippen molar-refractivity contribution in [3.63, 3.8) is 0 Å². The molecule has 25 heavy (non-hydrogen) atoms. The molecule has 2 atom stereocenters. The van der Waals surface area contributed by atoms with E-state index in [9.17, 15) is 4.79 Å². The molecule has 2 heterocycles. The summed E-state index contributed by atoms with van der Waals surface area (Å²) in [6, 6.07) is 7.61. The molecule has 0 aliphatic carbocycles. The van der Waals surface area contributed by atoms with E-state index in [0.29, 0.717) is 24.9 Å². The van der Waals surface area contributed by atoms with Crippen LogP contribution in [-0.4, -0.2) is 38.3 Å². The smallest absolute Gasteiger partial charge is 0.224 e. The van der Waals surface area contributed by atoms with Crippen LogP contribution in [0.15, 0.2) is 24.3 Å². The zero-order valence-corrected chi connectivity index (χ0v) is 15.1. The molecule has 2 saturated heterocycles. The maximum absolute atomic E-state index is 12.3. The first kappa shape index (κ1) is 18.2. The van der Waals surface area contributed by atoms with E-state index in [2.05, 4.69) is 17.6 Å². The van der Waals surface area contributed by atoms with Gasteiger partial charge in [-0.25, -0.2) is 0 Å². The second kappa shape index (κ2) is 9.20. The lowest BCUT2D eigenvalue weighted by atomic mass is 9.84. The lowest BCUT2D eigenvalue weighted by Crippen LogP contribution is -2.32. The number of ether oxygens (including phenoxy) is 2. The molecule has 0 aromatic heterocycles. The molecule has 138 valence electrons. The number of carbonyl (C=O) groups excluding carboxylic acids is 1. The maximum atomic E-state index is 12.3. The number of benzene rings is 1. The first-order chi connectivity index (χ1) is 12.2. The Morgan fingerprint density at radius 1 is 1.28 bits per heavy atom. The van der Waals surface area contributed by atoms with E-state index < -0.39 is 0 Å². The summed E-state index contributed by atoms with van der Waals surface area (Å²) in [6.07, 6.45) is 5.34. The van der Waals surface area contributed by atoms with Crippen molar-refractivity contribution in [1.29, 1.82) is 0 Å². The van der Waals surface area contributed by atoms with E-state index in [-0.39, 0.29) is 12.0 Å². The fraction of sp³-hybridized carbons (Fsp3) is 0.650. The highest BCUT2D eigenvalue weighted by Gasteiger charge is 2.22. The average Bonchev–Trinajstić information content (AvgIpc) is 3.15. The topological polar surface area (TPSA) is 59.6 Å². The van der Waals surface area contributed by atoms with E-state index in [1.807, 2.05) is 24.3 Å². The molecule has 0 saturated carbocycles. The molecule has 2 unspecified atom stereocenters. The van der Waals surface area contributed by atoms with Gasteiger partial charge in [0, 0.05) is 18.7 Å². The number of hydrogen-bond acceptors (Lipinski definition) is 4. The number of nitrogens with one attached hydrogen (secondary N) is 2. The zero-order valence-electron chi connectivity index (χ0n) is 15.1. The molecule has 0 spiro atoms. The van der Waals surface area contributed by atoms with Crippen LogP contribution in [0.4, 0.5) is 5.69 Å². The van der Waals surface area contributed by atoms with Gasteiger partial charge in [0.1, 0.15) is 12.4 Å². The van der Waals surface area contributed by atoms with Crippen molar-refractivity contribution >= 4 is 11.6 Å². The van der Waals surface area contributed by atoms with Crippen LogP contribution in [0, 0.1) is 11.8 Å². The quantitative estimate of drug-likeness (QED) is 0.796. The second-order valence-corrected chi connectivity index (χ2v) is 7.29. The Morgan fingerprint density at radius 2 is 2.04 bits per heavy atom. The summed E-state index contributed by atoms with van der Waals surface area (Å²) >= 11 is 0. The Bertz CT molecular complexity index is 534. The lowest BCUT2D eigenvalue weighted by Gasteiger charge is -2.27. The summed E-state index contributed by atoms with van der Waals surface area (Å²) < 4.78 is 11.3. The monoisotopic (exact) mass is 346 g/mol. The first-order valence-electron chi connectivity index (χ1n) is 9.56. The summed E-state index contributed by atoms with van der Waals surface area (Å²) in [4.78, 5) is 12.3. The molecule has 5 nitrogen and oxygen atoms in total. The molecule has 0 bridgehead atoms. The Hall–Kier alpha value is -1.59. The third-order valence-electron chi connectivity index (χ3n) is 5.29. The summed E-state index contributed by atoms with van der Waals surface area (Å²) in [7, 11) is 0. The van der Waals surface area contributed by atoms with Crippen LogP contribution in [0.25, 0.3) is 0 Å². The van der Waals surface area contributed by atoms with Gasteiger partial charge < -0.3 is 20.1 Å². The van der Waals surface area contributed by atoms with Gasteiger partial charge in [-0.1, -0.05) is 6.92 Å². The van der Waals surface area contributed by atoms with Crippen LogP contribution < -0.4 is 15.4 Å². The van der Waals surface area contributed by atoms with Crippen LogP contribution in [-0.2, 0) is 9.53 Å². The molecule has 2 aliphatic heterocycles. The summed E-state index contributed by atoms with van der Waals surface area (Å²) in [5, 5.41) is 6.38. The summed E-state index contributed by atoms with van der Waals surface area (Å²) in [5.74, 6) is 1.99. The molecule has 5 heteroatoms. The third kappa shape index (κ3) is 5.72. The van der Waals surface area contributed by atoms with Gasteiger partial charge in [-0.05, 0) is 74.9 Å². The van der Waals surface area contributed by atoms with E-state index in [1.54, 1.807) is 0 Å². The van der Waals surface area contributed by atoms with E-state index >= 15 is 0 Å². The van der Waals surface area contributed by atoms with Gasteiger partial charge in [0.05, 0.1) is 6.10 Å². The summed E-state index contributed by atoms with van der Waals surface area (Å²) in [6.45, 7) is 5.78. The van der Waals surface area contributed by atoms with Crippen LogP contribution in [0.3, 0.4) is 0 Å². The van der Waals surface area contributed by atoms with E-state index in [1.165, 1.54) is 12.8 Å². The Morgan fingerprint density at radius 3 is 2.72 bits per heavy atom. The Labute approximate surface area is 150 Å². The minimum absolute atomic E-state index is 0.0963. The highest BCUT2D eigenvalue weighted by atomic mass is 16.5. The van der Waals surface area contributed by atoms with Crippen molar-refractivity contribution < 1.29 is 14.3 Å².